The molecule has 0 radical (unpaired) electrons. The minimum Gasteiger partial charge on any atom is -0.502 e. The molecular formula is C12H20N2O2. The molecular weight excluding hydrogens is 204 g/mol. The van der Waals surface area contributed by atoms with Gasteiger partial charge in [0.05, 0.1) is 6.20 Å². The lowest BCUT2D eigenvalue weighted by Gasteiger charge is -2.24. The van der Waals surface area contributed by atoms with Gasteiger partial charge >= 0.3 is 0 Å². The first-order valence-electron chi connectivity index (χ1n) is 5.61. The van der Waals surface area contributed by atoms with Crippen LogP contribution in [-0.2, 0) is 13.5 Å². The highest BCUT2D eigenvalue weighted by Crippen LogP contribution is 2.26. The molecule has 0 saturated heterocycles. The zero-order chi connectivity index (χ0) is 12.3. The van der Waals surface area contributed by atoms with E-state index in [0.29, 0.717) is 0 Å². The van der Waals surface area contributed by atoms with Crippen molar-refractivity contribution in [2.24, 2.45) is 12.5 Å². The van der Waals surface area contributed by atoms with E-state index in [1.165, 1.54) is 10.8 Å². The molecule has 0 atom stereocenters. The molecule has 1 aromatic rings. The zero-order valence-corrected chi connectivity index (χ0v) is 10.4. The molecule has 0 amide bonds. The maximum absolute atomic E-state index is 11.5. The first-order chi connectivity index (χ1) is 7.37. The summed E-state index contributed by atoms with van der Waals surface area (Å²) in [5.41, 5.74) is -0.250. The van der Waals surface area contributed by atoms with Crippen LogP contribution in [0.1, 0.15) is 39.4 Å². The molecule has 0 spiro atoms. The molecule has 0 aliphatic heterocycles. The van der Waals surface area contributed by atoms with Crippen LogP contribution in [0, 0.1) is 5.41 Å². The van der Waals surface area contributed by atoms with Crippen molar-refractivity contribution in [2.75, 3.05) is 0 Å². The van der Waals surface area contributed by atoms with Crippen LogP contribution in [-0.4, -0.2) is 14.7 Å². The summed E-state index contributed by atoms with van der Waals surface area (Å²) < 4.78 is 1.42. The second-order valence-electron chi connectivity index (χ2n) is 5.01. The zero-order valence-electron chi connectivity index (χ0n) is 10.4. The summed E-state index contributed by atoms with van der Waals surface area (Å²) in [7, 11) is 1.65. The van der Waals surface area contributed by atoms with Crippen LogP contribution >= 0.6 is 0 Å². The van der Waals surface area contributed by atoms with E-state index in [-0.39, 0.29) is 16.7 Å². The highest BCUT2D eigenvalue weighted by Gasteiger charge is 2.20. The Morgan fingerprint density at radius 3 is 2.69 bits per heavy atom. The Balaban J connectivity index is 2.99. The molecule has 0 aromatic carbocycles. The fourth-order valence-electron chi connectivity index (χ4n) is 1.92. The van der Waals surface area contributed by atoms with E-state index in [2.05, 4.69) is 25.8 Å². The molecule has 16 heavy (non-hydrogen) atoms. The molecule has 1 aromatic heterocycles. The minimum atomic E-state index is -0.378. The van der Waals surface area contributed by atoms with Gasteiger partial charge in [0.2, 0.25) is 0 Å². The summed E-state index contributed by atoms with van der Waals surface area (Å²) in [6.07, 6.45) is 4.18. The van der Waals surface area contributed by atoms with Crippen molar-refractivity contribution in [3.05, 3.63) is 22.4 Å². The van der Waals surface area contributed by atoms with Crippen molar-refractivity contribution in [1.82, 2.24) is 9.55 Å². The van der Waals surface area contributed by atoms with Crippen molar-refractivity contribution in [1.29, 1.82) is 0 Å². The fraction of sp³-hybridized carbons (Fsp3) is 0.667. The SMILES string of the molecule is CCCC(C)(C)Cc1ncc(O)c(=O)n1C. The molecule has 0 aliphatic carbocycles. The van der Waals surface area contributed by atoms with E-state index >= 15 is 0 Å². The highest BCUT2D eigenvalue weighted by atomic mass is 16.3. The average molecular weight is 224 g/mol. The highest BCUT2D eigenvalue weighted by molar-refractivity contribution is 5.12. The van der Waals surface area contributed by atoms with E-state index in [9.17, 15) is 9.90 Å². The predicted molar refractivity (Wildman–Crippen MR) is 63.5 cm³/mol. The fourth-order valence-corrected chi connectivity index (χ4v) is 1.92. The number of rotatable bonds is 4. The number of hydrogen-bond donors (Lipinski definition) is 1. The van der Waals surface area contributed by atoms with Gasteiger partial charge in [0.1, 0.15) is 5.82 Å². The van der Waals surface area contributed by atoms with Crippen molar-refractivity contribution in [2.45, 2.75) is 40.0 Å². The Morgan fingerprint density at radius 1 is 1.50 bits per heavy atom. The van der Waals surface area contributed by atoms with Crippen molar-refractivity contribution in [3.8, 4) is 5.75 Å². The lowest BCUT2D eigenvalue weighted by Crippen LogP contribution is -2.25. The molecule has 0 aliphatic rings. The van der Waals surface area contributed by atoms with Gasteiger partial charge in [-0.2, -0.15) is 0 Å². The molecule has 1 rings (SSSR count). The van der Waals surface area contributed by atoms with Crippen molar-refractivity contribution < 1.29 is 5.11 Å². The number of aromatic nitrogens is 2. The molecule has 4 heteroatoms. The standard InChI is InChI=1S/C12H20N2O2/c1-5-6-12(2,3)7-10-13-8-9(15)11(16)14(10)4/h8,15H,5-7H2,1-4H3. The summed E-state index contributed by atoms with van der Waals surface area (Å²) in [4.78, 5) is 15.6. The largest absolute Gasteiger partial charge is 0.502 e. The van der Waals surface area contributed by atoms with E-state index in [1.54, 1.807) is 7.05 Å². The maximum atomic E-state index is 11.5. The topological polar surface area (TPSA) is 55.1 Å². The van der Waals surface area contributed by atoms with Crippen LogP contribution < -0.4 is 5.56 Å². The Kier molecular flexibility index (Phi) is 3.73. The van der Waals surface area contributed by atoms with Gasteiger partial charge in [0.25, 0.3) is 5.56 Å². The van der Waals surface area contributed by atoms with Crippen LogP contribution in [0.4, 0.5) is 0 Å². The van der Waals surface area contributed by atoms with Crippen LogP contribution in [0.5, 0.6) is 5.75 Å². The summed E-state index contributed by atoms with van der Waals surface area (Å²) in [6, 6.07) is 0. The van der Waals surface area contributed by atoms with Crippen LogP contribution in [0.25, 0.3) is 0 Å². The Hall–Kier alpha value is -1.32. The second kappa shape index (κ2) is 4.68. The number of nitrogens with zero attached hydrogens (tertiary/aromatic N) is 2. The van der Waals surface area contributed by atoms with E-state index in [1.807, 2.05) is 0 Å². The quantitative estimate of drug-likeness (QED) is 0.849. The first kappa shape index (κ1) is 12.7. The Morgan fingerprint density at radius 2 is 2.12 bits per heavy atom. The summed E-state index contributed by atoms with van der Waals surface area (Å²) in [5.74, 6) is 0.431. The van der Waals surface area contributed by atoms with Gasteiger partial charge in [-0.1, -0.05) is 27.2 Å². The van der Waals surface area contributed by atoms with Gasteiger partial charge in [-0.25, -0.2) is 4.98 Å². The van der Waals surface area contributed by atoms with E-state index in [4.69, 9.17) is 0 Å². The smallest absolute Gasteiger partial charge is 0.295 e. The van der Waals surface area contributed by atoms with Gasteiger partial charge in [-0.05, 0) is 11.8 Å². The third-order valence-corrected chi connectivity index (χ3v) is 2.81. The number of hydrogen-bond acceptors (Lipinski definition) is 3. The third-order valence-electron chi connectivity index (χ3n) is 2.81. The average Bonchev–Trinajstić information content (AvgIpc) is 2.19. The van der Waals surface area contributed by atoms with Gasteiger partial charge in [0.15, 0.2) is 5.75 Å². The molecule has 1 heterocycles. The molecule has 1 N–H and O–H groups in total. The van der Waals surface area contributed by atoms with Crippen molar-refractivity contribution in [3.63, 3.8) is 0 Å². The summed E-state index contributed by atoms with van der Waals surface area (Å²) in [5, 5.41) is 9.23. The van der Waals surface area contributed by atoms with Crippen LogP contribution in [0.2, 0.25) is 0 Å². The van der Waals surface area contributed by atoms with Crippen molar-refractivity contribution >= 4 is 0 Å². The third kappa shape index (κ3) is 2.84. The maximum Gasteiger partial charge on any atom is 0.295 e. The second-order valence-corrected chi connectivity index (χ2v) is 5.01. The predicted octanol–water partition coefficient (Wildman–Crippen LogP) is 1.85. The summed E-state index contributed by atoms with van der Waals surface area (Å²) >= 11 is 0. The van der Waals surface area contributed by atoms with Gasteiger partial charge < -0.3 is 5.11 Å². The lowest BCUT2D eigenvalue weighted by molar-refractivity contribution is 0.315. The van der Waals surface area contributed by atoms with Gasteiger partial charge in [0, 0.05) is 13.5 Å². The molecule has 0 bridgehead atoms. The minimum absolute atomic E-state index is 0.128. The summed E-state index contributed by atoms with van der Waals surface area (Å²) in [6.45, 7) is 6.47. The number of aromatic hydroxyl groups is 1. The van der Waals surface area contributed by atoms with E-state index in [0.717, 1.165) is 25.1 Å². The molecule has 0 unspecified atom stereocenters. The Labute approximate surface area is 96.0 Å². The van der Waals surface area contributed by atoms with E-state index < -0.39 is 0 Å². The van der Waals surface area contributed by atoms with Gasteiger partial charge in [-0.3, -0.25) is 9.36 Å². The monoisotopic (exact) mass is 224 g/mol. The Bertz CT molecular complexity index is 422. The normalized spacial score (nSPS) is 11.8. The van der Waals surface area contributed by atoms with Crippen LogP contribution in [0.15, 0.2) is 11.0 Å². The molecule has 4 nitrogen and oxygen atoms in total. The molecule has 0 saturated carbocycles. The molecule has 90 valence electrons. The first-order valence-corrected chi connectivity index (χ1v) is 5.61. The lowest BCUT2D eigenvalue weighted by atomic mass is 9.84. The van der Waals surface area contributed by atoms with Gasteiger partial charge in [-0.15, -0.1) is 0 Å². The molecule has 0 fully saturated rings. The van der Waals surface area contributed by atoms with Crippen LogP contribution in [0.3, 0.4) is 0 Å².